The average Bonchev–Trinajstić information content (AvgIpc) is 1.56. The predicted molar refractivity (Wildman–Crippen MR) is 49.1 cm³/mol. The third-order valence-corrected chi connectivity index (χ3v) is 6.39. The molecule has 0 N–H and O–H groups in total. The highest BCUT2D eigenvalue weighted by Crippen LogP contribution is 2.72. The molecule has 0 fully saturated rings. The second-order valence-corrected chi connectivity index (χ2v) is 9.27. The number of rotatable bonds is 3. The van der Waals surface area contributed by atoms with E-state index in [1.165, 1.54) is 0 Å². The third-order valence-electron chi connectivity index (χ3n) is 0.781. The lowest BCUT2D eigenvalue weighted by Crippen LogP contribution is -2.12. The zero-order chi connectivity index (χ0) is 9.28. The van der Waals surface area contributed by atoms with Gasteiger partial charge in [0.15, 0.2) is 5.63 Å². The molecule has 0 rings (SSSR count). The largest absolute Gasteiger partial charge is 0.287 e. The Kier molecular flexibility index (Phi) is 4.83. The van der Waals surface area contributed by atoms with Gasteiger partial charge in [-0.15, -0.1) is 0 Å². The summed E-state index contributed by atoms with van der Waals surface area (Å²) < 4.78 is 20.9. The molecule has 0 aromatic heterocycles. The van der Waals surface area contributed by atoms with E-state index in [0.29, 0.717) is 0 Å². The fraction of sp³-hybridized carbons (Fsp3) is 1.00. The SMILES string of the molecule is O=P(Cl)(Cl)C(Cl)(Cl)CC(F)Cl. The van der Waals surface area contributed by atoms with Gasteiger partial charge in [0.1, 0.15) is 0 Å². The summed E-state index contributed by atoms with van der Waals surface area (Å²) in [5.41, 5.74) is -1.82. The molecule has 0 spiro atoms. The molecule has 0 aliphatic rings. The predicted octanol–water partition coefficient (Wildman–Crippen LogP) is 4.71. The molecule has 0 amide bonds. The molecule has 0 saturated heterocycles. The first-order valence-electron chi connectivity index (χ1n) is 2.32. The minimum atomic E-state index is -3.77. The first-order valence-corrected chi connectivity index (χ1v) is 7.03. The molecule has 0 bridgehead atoms. The molecule has 0 aliphatic heterocycles. The van der Waals surface area contributed by atoms with Crippen molar-refractivity contribution in [2.75, 3.05) is 0 Å². The quantitative estimate of drug-likeness (QED) is 0.541. The molecule has 0 aromatic rings. The number of alkyl halides is 4. The van der Waals surface area contributed by atoms with Gasteiger partial charge in [-0.05, 0) is 22.5 Å². The van der Waals surface area contributed by atoms with Crippen molar-refractivity contribution in [3.63, 3.8) is 0 Å². The van der Waals surface area contributed by atoms with Gasteiger partial charge in [0, 0.05) is 6.42 Å². The highest BCUT2D eigenvalue weighted by molar-refractivity contribution is 8.11. The van der Waals surface area contributed by atoms with Gasteiger partial charge in [0.2, 0.25) is 4.07 Å². The Morgan fingerprint density at radius 2 is 1.82 bits per heavy atom. The topological polar surface area (TPSA) is 17.1 Å². The maximum Gasteiger partial charge on any atom is 0.287 e. The van der Waals surface area contributed by atoms with E-state index >= 15 is 0 Å². The fourth-order valence-electron chi connectivity index (χ4n) is 0.292. The van der Waals surface area contributed by atoms with Gasteiger partial charge >= 0.3 is 0 Å². The van der Waals surface area contributed by atoms with Gasteiger partial charge in [-0.25, -0.2) is 4.39 Å². The summed E-state index contributed by atoms with van der Waals surface area (Å²) in [7, 11) is 0. The highest BCUT2D eigenvalue weighted by atomic mass is 35.9. The molecule has 1 unspecified atom stereocenters. The summed E-state index contributed by atoms with van der Waals surface area (Å²) in [6, 6.07) is 0. The minimum absolute atomic E-state index is 0.581. The van der Waals surface area contributed by atoms with E-state index in [1.54, 1.807) is 0 Å². The van der Waals surface area contributed by atoms with Crippen LogP contribution in [-0.2, 0) is 4.57 Å². The Morgan fingerprint density at radius 1 is 1.45 bits per heavy atom. The van der Waals surface area contributed by atoms with Crippen LogP contribution >= 0.6 is 63.1 Å². The maximum absolute atomic E-state index is 12.1. The van der Waals surface area contributed by atoms with Crippen molar-refractivity contribution in [1.82, 2.24) is 0 Å². The lowest BCUT2D eigenvalue weighted by molar-refractivity contribution is 0.422. The van der Waals surface area contributed by atoms with Crippen LogP contribution in [0.3, 0.4) is 0 Å². The van der Waals surface area contributed by atoms with Gasteiger partial charge in [-0.3, -0.25) is 4.57 Å². The molecule has 68 valence electrons. The molecular weight excluding hydrogens is 279 g/mol. The molecule has 0 aliphatic carbocycles. The van der Waals surface area contributed by atoms with Crippen LogP contribution in [0.15, 0.2) is 0 Å². The van der Waals surface area contributed by atoms with Crippen LogP contribution < -0.4 is 0 Å². The van der Waals surface area contributed by atoms with Crippen LogP contribution in [0.25, 0.3) is 0 Å². The number of halogens is 6. The first-order chi connectivity index (χ1) is 4.67. The van der Waals surface area contributed by atoms with E-state index in [2.05, 4.69) is 0 Å². The van der Waals surface area contributed by atoms with Crippen molar-refractivity contribution in [3.8, 4) is 0 Å². The summed E-state index contributed by atoms with van der Waals surface area (Å²) in [5.74, 6) is -3.77. The van der Waals surface area contributed by atoms with E-state index in [9.17, 15) is 8.96 Å². The zero-order valence-electron chi connectivity index (χ0n) is 4.91. The first kappa shape index (κ1) is 12.6. The van der Waals surface area contributed by atoms with E-state index in [4.69, 9.17) is 57.3 Å². The standard InChI is InChI=1S/C3H3Cl5FOP/c4-2(9)1-3(5,6)11(7,8)10/h2H,1H2. The molecule has 0 saturated carbocycles. The molecule has 1 nitrogen and oxygen atoms in total. The molecule has 1 atom stereocenters. The van der Waals surface area contributed by atoms with Crippen molar-refractivity contribution in [1.29, 1.82) is 0 Å². The summed E-state index contributed by atoms with van der Waals surface area (Å²) in [6.45, 7) is 0. The summed E-state index contributed by atoms with van der Waals surface area (Å²) in [5, 5.41) is 0. The fourth-order valence-corrected chi connectivity index (χ4v) is 1.85. The molecule has 11 heavy (non-hydrogen) atoms. The third kappa shape index (κ3) is 4.40. The van der Waals surface area contributed by atoms with Crippen molar-refractivity contribution in [2.45, 2.75) is 16.1 Å². The summed E-state index contributed by atoms with van der Waals surface area (Å²) in [6.07, 6.45) is -0.581. The Hall–Kier alpha value is 1.61. The Morgan fingerprint density at radius 3 is 1.91 bits per heavy atom. The van der Waals surface area contributed by atoms with Crippen LogP contribution in [0.5, 0.6) is 0 Å². The number of hydrogen-bond donors (Lipinski definition) is 0. The van der Waals surface area contributed by atoms with Crippen LogP contribution in [0, 0.1) is 0 Å². The highest BCUT2D eigenvalue weighted by Gasteiger charge is 2.44. The van der Waals surface area contributed by atoms with Gasteiger partial charge in [-0.1, -0.05) is 34.8 Å². The van der Waals surface area contributed by atoms with Crippen molar-refractivity contribution >= 4 is 63.1 Å². The Balaban J connectivity index is 4.35. The van der Waals surface area contributed by atoms with Crippen LogP contribution in [0.2, 0.25) is 0 Å². The van der Waals surface area contributed by atoms with E-state index < -0.39 is 22.0 Å². The average molecular weight is 282 g/mol. The van der Waals surface area contributed by atoms with Gasteiger partial charge in [0.05, 0.1) is 0 Å². The van der Waals surface area contributed by atoms with Crippen molar-refractivity contribution < 1.29 is 8.96 Å². The van der Waals surface area contributed by atoms with Gasteiger partial charge < -0.3 is 0 Å². The maximum atomic E-state index is 12.1. The Bertz CT molecular complexity index is 177. The van der Waals surface area contributed by atoms with E-state index in [-0.39, 0.29) is 0 Å². The van der Waals surface area contributed by atoms with Crippen LogP contribution in [0.1, 0.15) is 6.42 Å². The monoisotopic (exact) mass is 280 g/mol. The minimum Gasteiger partial charge on any atom is -0.286 e. The normalized spacial score (nSPS) is 16.5. The second kappa shape index (κ2) is 4.21. The second-order valence-electron chi connectivity index (χ2n) is 1.72. The smallest absolute Gasteiger partial charge is 0.286 e. The summed E-state index contributed by atoms with van der Waals surface area (Å²) in [4.78, 5) is 0. The Labute approximate surface area is 88.0 Å². The van der Waals surface area contributed by atoms with Gasteiger partial charge in [0.25, 0.3) is 5.85 Å². The van der Waals surface area contributed by atoms with Crippen molar-refractivity contribution in [3.05, 3.63) is 0 Å². The molecule has 0 aromatic carbocycles. The number of hydrogen-bond acceptors (Lipinski definition) is 1. The van der Waals surface area contributed by atoms with E-state index in [1.807, 2.05) is 0 Å². The van der Waals surface area contributed by atoms with Gasteiger partial charge in [-0.2, -0.15) is 0 Å². The summed E-state index contributed by atoms with van der Waals surface area (Å²) >= 11 is 25.7. The molecular formula is C3H3Cl5FOP. The molecule has 0 heterocycles. The zero-order valence-corrected chi connectivity index (χ0v) is 9.58. The van der Waals surface area contributed by atoms with Crippen LogP contribution in [-0.4, -0.2) is 9.71 Å². The van der Waals surface area contributed by atoms with Crippen LogP contribution in [0.4, 0.5) is 4.39 Å². The molecule has 8 heteroatoms. The lowest BCUT2D eigenvalue weighted by atomic mass is 10.5. The van der Waals surface area contributed by atoms with E-state index in [0.717, 1.165) is 0 Å². The lowest BCUT2D eigenvalue weighted by Gasteiger charge is -2.19. The van der Waals surface area contributed by atoms with Crippen molar-refractivity contribution in [2.24, 2.45) is 0 Å². The molecule has 0 radical (unpaired) electrons.